The highest BCUT2D eigenvalue weighted by atomic mass is 16.7. The number of benzene rings is 1. The van der Waals surface area contributed by atoms with Crippen molar-refractivity contribution in [3.05, 3.63) is 29.8 Å². The van der Waals surface area contributed by atoms with E-state index >= 15 is 0 Å². The van der Waals surface area contributed by atoms with Crippen LogP contribution in [0.25, 0.3) is 0 Å². The third-order valence-corrected chi connectivity index (χ3v) is 4.71. The maximum Gasteiger partial charge on any atom is 0.494 e. The van der Waals surface area contributed by atoms with Gasteiger partial charge >= 0.3 is 13.2 Å². The van der Waals surface area contributed by atoms with Crippen molar-refractivity contribution in [2.24, 2.45) is 0 Å². The molecule has 1 aliphatic rings. The number of carbonyl (C=O) groups excluding carboxylic acids is 1. The lowest BCUT2D eigenvalue weighted by molar-refractivity contribution is -0.129. The lowest BCUT2D eigenvalue weighted by atomic mass is 9.78. The molecule has 136 valence electrons. The third kappa shape index (κ3) is 4.52. The first kappa shape index (κ1) is 19.3. The summed E-state index contributed by atoms with van der Waals surface area (Å²) in [5, 5.41) is 10.6. The standard InChI is InChI=1S/C17H25BN2O5/c1-16(2)17(3,4)25-18(24-16)13-8-6-7-12(9-13)11-20(5)14(21)10-19-15(22)23/h6-9,19H,10-11H2,1-5H3,(H,22,23). The normalized spacial score (nSPS) is 18.0. The fourth-order valence-electron chi connectivity index (χ4n) is 2.47. The van der Waals surface area contributed by atoms with Crippen LogP contribution in [0.1, 0.15) is 33.3 Å². The van der Waals surface area contributed by atoms with Crippen molar-refractivity contribution >= 4 is 24.6 Å². The van der Waals surface area contributed by atoms with E-state index in [4.69, 9.17) is 14.4 Å². The van der Waals surface area contributed by atoms with Crippen molar-refractivity contribution in [2.75, 3.05) is 13.6 Å². The van der Waals surface area contributed by atoms with E-state index in [0.717, 1.165) is 11.0 Å². The van der Waals surface area contributed by atoms with Crippen LogP contribution in [0.4, 0.5) is 4.79 Å². The lowest BCUT2D eigenvalue weighted by Crippen LogP contribution is -2.41. The number of carbonyl (C=O) groups is 2. The van der Waals surface area contributed by atoms with E-state index in [1.165, 1.54) is 4.90 Å². The highest BCUT2D eigenvalue weighted by molar-refractivity contribution is 6.62. The zero-order chi connectivity index (χ0) is 18.8. The number of carboxylic acid groups (broad SMARTS) is 1. The van der Waals surface area contributed by atoms with Gasteiger partial charge in [-0.1, -0.05) is 24.3 Å². The number of hydrogen-bond acceptors (Lipinski definition) is 4. The van der Waals surface area contributed by atoms with E-state index in [1.54, 1.807) is 7.05 Å². The van der Waals surface area contributed by atoms with E-state index < -0.39 is 24.4 Å². The van der Waals surface area contributed by atoms with Crippen molar-refractivity contribution in [1.29, 1.82) is 0 Å². The Balaban J connectivity index is 2.05. The molecule has 0 radical (unpaired) electrons. The average Bonchev–Trinajstić information content (AvgIpc) is 2.73. The monoisotopic (exact) mass is 348 g/mol. The molecular formula is C17H25BN2O5. The minimum absolute atomic E-state index is 0.247. The second kappa shape index (κ2) is 7.05. The van der Waals surface area contributed by atoms with Gasteiger partial charge in [-0.05, 0) is 38.7 Å². The van der Waals surface area contributed by atoms with Crippen LogP contribution in [0.15, 0.2) is 24.3 Å². The Bertz CT molecular complexity index is 646. The summed E-state index contributed by atoms with van der Waals surface area (Å²) in [7, 11) is 1.17. The molecule has 1 fully saturated rings. The number of amides is 2. The number of rotatable bonds is 5. The molecule has 0 unspecified atom stereocenters. The first-order chi connectivity index (χ1) is 11.5. The molecule has 0 aliphatic carbocycles. The summed E-state index contributed by atoms with van der Waals surface area (Å²) in [6.07, 6.45) is -1.22. The minimum atomic E-state index is -1.22. The number of hydrogen-bond donors (Lipinski definition) is 2. The minimum Gasteiger partial charge on any atom is -0.465 e. The van der Waals surface area contributed by atoms with Gasteiger partial charge in [-0.3, -0.25) is 4.79 Å². The van der Waals surface area contributed by atoms with Crippen LogP contribution in [-0.2, 0) is 20.6 Å². The van der Waals surface area contributed by atoms with Gasteiger partial charge in [-0.15, -0.1) is 0 Å². The Hall–Kier alpha value is -2.06. The van der Waals surface area contributed by atoms with E-state index in [2.05, 4.69) is 5.32 Å². The van der Waals surface area contributed by atoms with Crippen LogP contribution >= 0.6 is 0 Å². The van der Waals surface area contributed by atoms with E-state index in [9.17, 15) is 9.59 Å². The van der Waals surface area contributed by atoms with Gasteiger partial charge in [-0.2, -0.15) is 0 Å². The Kier molecular flexibility index (Phi) is 5.44. The average molecular weight is 348 g/mol. The molecule has 1 saturated heterocycles. The molecule has 25 heavy (non-hydrogen) atoms. The predicted molar refractivity (Wildman–Crippen MR) is 94.7 cm³/mol. The molecule has 0 atom stereocenters. The largest absolute Gasteiger partial charge is 0.494 e. The van der Waals surface area contributed by atoms with Crippen molar-refractivity contribution in [1.82, 2.24) is 10.2 Å². The zero-order valence-electron chi connectivity index (χ0n) is 15.3. The Morgan fingerprint density at radius 2 is 1.80 bits per heavy atom. The third-order valence-electron chi connectivity index (χ3n) is 4.71. The highest BCUT2D eigenvalue weighted by Gasteiger charge is 2.51. The quantitative estimate of drug-likeness (QED) is 0.781. The molecule has 2 rings (SSSR count). The maximum absolute atomic E-state index is 11.9. The first-order valence-corrected chi connectivity index (χ1v) is 8.17. The molecular weight excluding hydrogens is 323 g/mol. The van der Waals surface area contributed by atoms with Crippen molar-refractivity contribution in [3.8, 4) is 0 Å². The smallest absolute Gasteiger partial charge is 0.465 e. The molecule has 2 amide bonds. The fraction of sp³-hybridized carbons (Fsp3) is 0.529. The summed E-state index contributed by atoms with van der Waals surface area (Å²) in [5.74, 6) is -0.302. The fourth-order valence-corrected chi connectivity index (χ4v) is 2.47. The summed E-state index contributed by atoms with van der Waals surface area (Å²) in [6.45, 7) is 8.12. The molecule has 8 heteroatoms. The molecule has 2 N–H and O–H groups in total. The van der Waals surface area contributed by atoms with Crippen molar-refractivity contribution in [2.45, 2.75) is 45.4 Å². The van der Waals surface area contributed by atoms with E-state index in [0.29, 0.717) is 6.54 Å². The lowest BCUT2D eigenvalue weighted by Gasteiger charge is -2.32. The van der Waals surface area contributed by atoms with Crippen molar-refractivity contribution in [3.63, 3.8) is 0 Å². The van der Waals surface area contributed by atoms with E-state index in [-0.39, 0.29) is 12.5 Å². The summed E-state index contributed by atoms with van der Waals surface area (Å²) in [6, 6.07) is 7.67. The topological polar surface area (TPSA) is 88.1 Å². The molecule has 1 aromatic carbocycles. The Morgan fingerprint density at radius 3 is 2.36 bits per heavy atom. The van der Waals surface area contributed by atoms with Gasteiger partial charge in [0.25, 0.3) is 0 Å². The van der Waals surface area contributed by atoms with Gasteiger partial charge in [0.15, 0.2) is 0 Å². The maximum atomic E-state index is 11.9. The van der Waals surface area contributed by atoms with Crippen LogP contribution in [0.5, 0.6) is 0 Å². The van der Waals surface area contributed by atoms with Gasteiger partial charge in [0.2, 0.25) is 5.91 Å². The molecule has 1 heterocycles. The second-order valence-electron chi connectivity index (χ2n) is 7.24. The Morgan fingerprint density at radius 1 is 1.20 bits per heavy atom. The van der Waals surface area contributed by atoms with Crippen LogP contribution in [0.3, 0.4) is 0 Å². The second-order valence-corrected chi connectivity index (χ2v) is 7.24. The van der Waals surface area contributed by atoms with Gasteiger partial charge < -0.3 is 24.6 Å². The van der Waals surface area contributed by atoms with Crippen LogP contribution in [0, 0.1) is 0 Å². The van der Waals surface area contributed by atoms with Gasteiger partial charge in [-0.25, -0.2) is 4.79 Å². The number of likely N-dealkylation sites (N-methyl/N-ethyl adjacent to an activating group) is 1. The highest BCUT2D eigenvalue weighted by Crippen LogP contribution is 2.36. The molecule has 0 saturated carbocycles. The summed E-state index contributed by atoms with van der Waals surface area (Å²) >= 11 is 0. The summed E-state index contributed by atoms with van der Waals surface area (Å²) in [4.78, 5) is 23.9. The van der Waals surface area contributed by atoms with Gasteiger partial charge in [0.1, 0.15) is 6.54 Å². The molecule has 0 bridgehead atoms. The molecule has 1 aliphatic heterocycles. The molecule has 7 nitrogen and oxygen atoms in total. The SMILES string of the molecule is CN(Cc1cccc(B2OC(C)(C)C(C)(C)O2)c1)C(=O)CNC(=O)O. The zero-order valence-corrected chi connectivity index (χ0v) is 15.3. The number of nitrogens with zero attached hydrogens (tertiary/aromatic N) is 1. The van der Waals surface area contributed by atoms with Crippen LogP contribution in [0.2, 0.25) is 0 Å². The molecule has 0 aromatic heterocycles. The van der Waals surface area contributed by atoms with Crippen LogP contribution in [-0.4, -0.2) is 53.9 Å². The van der Waals surface area contributed by atoms with Gasteiger partial charge in [0.05, 0.1) is 11.2 Å². The Labute approximate surface area is 148 Å². The first-order valence-electron chi connectivity index (χ1n) is 8.17. The van der Waals surface area contributed by atoms with Crippen LogP contribution < -0.4 is 10.8 Å². The number of nitrogens with one attached hydrogen (secondary N) is 1. The molecule has 0 spiro atoms. The molecule has 1 aromatic rings. The summed E-state index contributed by atoms with van der Waals surface area (Å²) in [5.41, 5.74) is 0.977. The van der Waals surface area contributed by atoms with E-state index in [1.807, 2.05) is 52.0 Å². The predicted octanol–water partition coefficient (Wildman–Crippen LogP) is 1.21. The van der Waals surface area contributed by atoms with Gasteiger partial charge in [0, 0.05) is 13.6 Å². The summed E-state index contributed by atoms with van der Waals surface area (Å²) < 4.78 is 12.1. The van der Waals surface area contributed by atoms with Crippen molar-refractivity contribution < 1.29 is 24.0 Å².